The molecule has 0 radical (unpaired) electrons. The summed E-state index contributed by atoms with van der Waals surface area (Å²) in [6, 6.07) is 4.18. The molecule has 17 heavy (non-hydrogen) atoms. The van der Waals surface area contributed by atoms with E-state index in [1.807, 2.05) is 13.8 Å². The third-order valence-electron chi connectivity index (χ3n) is 2.62. The van der Waals surface area contributed by atoms with Gasteiger partial charge in [-0.25, -0.2) is 0 Å². The van der Waals surface area contributed by atoms with Crippen LogP contribution < -0.4 is 5.32 Å². The predicted octanol–water partition coefficient (Wildman–Crippen LogP) is 3.05. The molecule has 0 spiro atoms. The molecule has 3 nitrogen and oxygen atoms in total. The number of rotatable bonds is 6. The third-order valence-corrected chi connectivity index (χ3v) is 3.80. The highest BCUT2D eigenvalue weighted by Crippen LogP contribution is 2.23. The molecule has 0 bridgehead atoms. The molecular weight excluding hydrogens is 234 g/mol. The maximum Gasteiger partial charge on any atom is 0.323 e. The molecule has 96 valence electrons. The molecule has 1 rings (SSSR count). The number of hydrogen-bond acceptors (Lipinski definition) is 4. The lowest BCUT2D eigenvalue weighted by Gasteiger charge is -2.20. The standard InChI is InChI=1S/C13H21NO2S/c1-5-11(13(15)16-6-2)14-10(4)12-8-7-9(3)17-12/h7-8,10-11,14H,5-6H2,1-4H3. The first-order valence-electron chi connectivity index (χ1n) is 6.07. The highest BCUT2D eigenvalue weighted by atomic mass is 32.1. The summed E-state index contributed by atoms with van der Waals surface area (Å²) in [6.45, 7) is 8.41. The minimum absolute atomic E-state index is 0.157. The molecule has 0 aromatic carbocycles. The van der Waals surface area contributed by atoms with Crippen molar-refractivity contribution in [2.24, 2.45) is 0 Å². The molecule has 1 aromatic heterocycles. The summed E-state index contributed by atoms with van der Waals surface area (Å²) in [4.78, 5) is 14.2. The number of ether oxygens (including phenoxy) is 1. The van der Waals surface area contributed by atoms with Crippen molar-refractivity contribution < 1.29 is 9.53 Å². The van der Waals surface area contributed by atoms with Crippen LogP contribution in [0.25, 0.3) is 0 Å². The molecular formula is C13H21NO2S. The van der Waals surface area contributed by atoms with Crippen molar-refractivity contribution in [1.82, 2.24) is 5.32 Å². The van der Waals surface area contributed by atoms with Crippen LogP contribution in [0.5, 0.6) is 0 Å². The summed E-state index contributed by atoms with van der Waals surface area (Å²) >= 11 is 1.76. The number of aryl methyl sites for hydroxylation is 1. The molecule has 0 aliphatic rings. The Kier molecular flexibility index (Phi) is 5.65. The van der Waals surface area contributed by atoms with Gasteiger partial charge in [0.15, 0.2) is 0 Å². The fourth-order valence-corrected chi connectivity index (χ4v) is 2.55. The molecule has 0 saturated carbocycles. The first kappa shape index (κ1) is 14.2. The molecule has 0 aliphatic heterocycles. The van der Waals surface area contributed by atoms with Gasteiger partial charge >= 0.3 is 5.97 Å². The van der Waals surface area contributed by atoms with E-state index >= 15 is 0 Å². The Balaban J connectivity index is 2.59. The van der Waals surface area contributed by atoms with Gasteiger partial charge in [-0.2, -0.15) is 0 Å². The monoisotopic (exact) mass is 255 g/mol. The van der Waals surface area contributed by atoms with E-state index in [2.05, 4.69) is 31.3 Å². The zero-order valence-corrected chi connectivity index (χ0v) is 11.8. The van der Waals surface area contributed by atoms with Gasteiger partial charge in [0, 0.05) is 15.8 Å². The van der Waals surface area contributed by atoms with E-state index in [1.165, 1.54) is 9.75 Å². The summed E-state index contributed by atoms with van der Waals surface area (Å²) in [6.07, 6.45) is 0.744. The van der Waals surface area contributed by atoms with Crippen LogP contribution in [-0.2, 0) is 9.53 Å². The van der Waals surface area contributed by atoms with Crippen molar-refractivity contribution >= 4 is 17.3 Å². The second-order valence-corrected chi connectivity index (χ2v) is 5.37. The second-order valence-electron chi connectivity index (χ2n) is 4.05. The van der Waals surface area contributed by atoms with Crippen LogP contribution in [0.4, 0.5) is 0 Å². The van der Waals surface area contributed by atoms with E-state index in [0.29, 0.717) is 6.61 Å². The van der Waals surface area contributed by atoms with E-state index in [-0.39, 0.29) is 18.1 Å². The Bertz CT molecular complexity index is 362. The van der Waals surface area contributed by atoms with Gasteiger partial charge in [-0.05, 0) is 39.3 Å². The van der Waals surface area contributed by atoms with Gasteiger partial charge in [0.1, 0.15) is 6.04 Å². The largest absolute Gasteiger partial charge is 0.465 e. The highest BCUT2D eigenvalue weighted by molar-refractivity contribution is 7.12. The van der Waals surface area contributed by atoms with Crippen LogP contribution in [0, 0.1) is 6.92 Å². The van der Waals surface area contributed by atoms with Crippen molar-refractivity contribution in [3.05, 3.63) is 21.9 Å². The van der Waals surface area contributed by atoms with Crippen LogP contribution >= 0.6 is 11.3 Å². The van der Waals surface area contributed by atoms with E-state index in [1.54, 1.807) is 11.3 Å². The lowest BCUT2D eigenvalue weighted by Crippen LogP contribution is -2.38. The Morgan fingerprint density at radius 2 is 2.18 bits per heavy atom. The summed E-state index contributed by atoms with van der Waals surface area (Å²) in [5, 5.41) is 3.32. The van der Waals surface area contributed by atoms with Crippen molar-refractivity contribution in [1.29, 1.82) is 0 Å². The van der Waals surface area contributed by atoms with Gasteiger partial charge in [-0.15, -0.1) is 11.3 Å². The maximum atomic E-state index is 11.7. The molecule has 0 aliphatic carbocycles. The zero-order valence-electron chi connectivity index (χ0n) is 10.9. The maximum absolute atomic E-state index is 11.7. The van der Waals surface area contributed by atoms with Crippen LogP contribution in [0.1, 0.15) is 43.0 Å². The third kappa shape index (κ3) is 4.13. The van der Waals surface area contributed by atoms with Crippen LogP contribution in [-0.4, -0.2) is 18.6 Å². The van der Waals surface area contributed by atoms with Gasteiger partial charge in [0.05, 0.1) is 6.61 Å². The Hall–Kier alpha value is -0.870. The van der Waals surface area contributed by atoms with E-state index in [0.717, 1.165) is 6.42 Å². The topological polar surface area (TPSA) is 38.3 Å². The number of carbonyl (C=O) groups excluding carboxylic acids is 1. The van der Waals surface area contributed by atoms with Crippen LogP contribution in [0.3, 0.4) is 0 Å². The zero-order chi connectivity index (χ0) is 12.8. The first-order chi connectivity index (χ1) is 8.08. The number of thiophene rings is 1. The molecule has 0 amide bonds. The molecule has 1 N–H and O–H groups in total. The minimum Gasteiger partial charge on any atom is -0.465 e. The number of hydrogen-bond donors (Lipinski definition) is 1. The SMILES string of the molecule is CCOC(=O)C(CC)NC(C)c1ccc(C)s1. The van der Waals surface area contributed by atoms with Crippen LogP contribution in [0.15, 0.2) is 12.1 Å². The molecule has 2 atom stereocenters. The summed E-state index contributed by atoms with van der Waals surface area (Å²) < 4.78 is 5.04. The Morgan fingerprint density at radius 3 is 2.65 bits per heavy atom. The van der Waals surface area contributed by atoms with Gasteiger partial charge in [-0.3, -0.25) is 10.1 Å². The van der Waals surface area contributed by atoms with Gasteiger partial charge in [0.25, 0.3) is 0 Å². The quantitative estimate of drug-likeness (QED) is 0.794. The second kappa shape index (κ2) is 6.77. The summed E-state index contributed by atoms with van der Waals surface area (Å²) in [5.41, 5.74) is 0. The van der Waals surface area contributed by atoms with E-state index < -0.39 is 0 Å². The van der Waals surface area contributed by atoms with Crippen molar-refractivity contribution in [2.45, 2.75) is 46.2 Å². The first-order valence-corrected chi connectivity index (χ1v) is 6.89. The van der Waals surface area contributed by atoms with E-state index in [9.17, 15) is 4.79 Å². The summed E-state index contributed by atoms with van der Waals surface area (Å²) in [7, 11) is 0. The Labute approximate surface area is 107 Å². The van der Waals surface area contributed by atoms with Gasteiger partial charge in [0.2, 0.25) is 0 Å². The van der Waals surface area contributed by atoms with Crippen molar-refractivity contribution in [3.8, 4) is 0 Å². The number of carbonyl (C=O) groups is 1. The molecule has 1 aromatic rings. The Morgan fingerprint density at radius 1 is 1.47 bits per heavy atom. The number of esters is 1. The lowest BCUT2D eigenvalue weighted by atomic mass is 10.2. The van der Waals surface area contributed by atoms with Crippen molar-refractivity contribution in [3.63, 3.8) is 0 Å². The van der Waals surface area contributed by atoms with Gasteiger partial charge < -0.3 is 4.74 Å². The molecule has 0 saturated heterocycles. The van der Waals surface area contributed by atoms with Crippen molar-refractivity contribution in [2.75, 3.05) is 6.61 Å². The van der Waals surface area contributed by atoms with Gasteiger partial charge in [-0.1, -0.05) is 6.92 Å². The molecule has 2 unspecified atom stereocenters. The predicted molar refractivity (Wildman–Crippen MR) is 71.3 cm³/mol. The smallest absolute Gasteiger partial charge is 0.323 e. The van der Waals surface area contributed by atoms with Crippen LogP contribution in [0.2, 0.25) is 0 Å². The normalized spacial score (nSPS) is 14.4. The average molecular weight is 255 g/mol. The van der Waals surface area contributed by atoms with E-state index in [4.69, 9.17) is 4.74 Å². The molecule has 4 heteroatoms. The molecule has 0 fully saturated rings. The fourth-order valence-electron chi connectivity index (χ4n) is 1.67. The lowest BCUT2D eigenvalue weighted by molar-refractivity contribution is -0.145. The average Bonchev–Trinajstić information content (AvgIpc) is 2.72. The fraction of sp³-hybridized carbons (Fsp3) is 0.615. The summed E-state index contributed by atoms with van der Waals surface area (Å²) in [5.74, 6) is -0.157. The number of nitrogens with one attached hydrogen (secondary N) is 1. The molecule has 1 heterocycles. The highest BCUT2D eigenvalue weighted by Gasteiger charge is 2.20. The minimum atomic E-state index is -0.215.